The Bertz CT molecular complexity index is 904. The summed E-state index contributed by atoms with van der Waals surface area (Å²) in [6, 6.07) is 9.76. The Kier molecular flexibility index (Phi) is 4.35. The van der Waals surface area contributed by atoms with E-state index in [0.717, 1.165) is 28.3 Å². The predicted octanol–water partition coefficient (Wildman–Crippen LogP) is 2.25. The van der Waals surface area contributed by atoms with Crippen LogP contribution in [0.5, 0.6) is 0 Å². The van der Waals surface area contributed by atoms with Crippen molar-refractivity contribution in [2.24, 2.45) is 0 Å². The smallest absolute Gasteiger partial charge is 0.254 e. The molecule has 0 atom stereocenters. The van der Waals surface area contributed by atoms with Gasteiger partial charge in [-0.15, -0.1) is 0 Å². The number of aryl methyl sites for hydroxylation is 1. The van der Waals surface area contributed by atoms with Crippen LogP contribution < -0.4 is 5.32 Å². The van der Waals surface area contributed by atoms with Gasteiger partial charge in [0.25, 0.3) is 5.91 Å². The summed E-state index contributed by atoms with van der Waals surface area (Å²) in [6.07, 6.45) is 4.97. The van der Waals surface area contributed by atoms with E-state index in [1.54, 1.807) is 18.6 Å². The van der Waals surface area contributed by atoms with Gasteiger partial charge in [0.15, 0.2) is 0 Å². The molecule has 0 saturated carbocycles. The molecule has 1 N–H and O–H groups in total. The summed E-state index contributed by atoms with van der Waals surface area (Å²) in [7, 11) is 0. The van der Waals surface area contributed by atoms with Crippen LogP contribution in [-0.2, 0) is 19.6 Å². The van der Waals surface area contributed by atoms with Gasteiger partial charge >= 0.3 is 0 Å². The summed E-state index contributed by atoms with van der Waals surface area (Å²) in [5.41, 5.74) is 3.86. The van der Waals surface area contributed by atoms with Crippen LogP contribution in [0.25, 0.3) is 0 Å². The molecule has 0 fully saturated rings. The first-order valence-electron chi connectivity index (χ1n) is 8.60. The summed E-state index contributed by atoms with van der Waals surface area (Å²) in [6.45, 7) is 4.54. The molecule has 7 nitrogen and oxygen atoms in total. The average molecular weight is 348 g/mol. The quantitative estimate of drug-likeness (QED) is 0.783. The number of aromatic nitrogens is 4. The van der Waals surface area contributed by atoms with Crippen LogP contribution in [-0.4, -0.2) is 37.1 Å². The second kappa shape index (κ2) is 6.95. The molecule has 7 heteroatoms. The number of nitrogens with one attached hydrogen (secondary N) is 1. The Morgan fingerprint density at radius 3 is 2.81 bits per heavy atom. The monoisotopic (exact) mass is 348 g/mol. The summed E-state index contributed by atoms with van der Waals surface area (Å²) in [5.74, 6) is 0.784. The van der Waals surface area contributed by atoms with E-state index in [0.29, 0.717) is 26.2 Å². The minimum absolute atomic E-state index is 0.0664. The minimum atomic E-state index is 0.0664. The van der Waals surface area contributed by atoms with Crippen molar-refractivity contribution in [3.05, 3.63) is 71.4 Å². The van der Waals surface area contributed by atoms with Crippen molar-refractivity contribution in [3.8, 4) is 0 Å². The van der Waals surface area contributed by atoms with Gasteiger partial charge < -0.3 is 10.2 Å². The van der Waals surface area contributed by atoms with Gasteiger partial charge in [-0.05, 0) is 25.1 Å². The standard InChI is InChI=1S/C19H20N6O/c1-14-2-4-15(5-3-14)19(26)24-8-9-25-17(13-24)10-16(23-25)11-22-18-12-20-6-7-21-18/h2-7,10,12H,8-9,11,13H2,1H3,(H,21,22). The van der Waals surface area contributed by atoms with E-state index in [-0.39, 0.29) is 5.91 Å². The van der Waals surface area contributed by atoms with Crippen LogP contribution in [0.1, 0.15) is 27.3 Å². The first-order chi connectivity index (χ1) is 12.7. The van der Waals surface area contributed by atoms with E-state index in [2.05, 4.69) is 20.4 Å². The lowest BCUT2D eigenvalue weighted by atomic mass is 10.1. The molecule has 4 rings (SSSR count). The molecule has 132 valence electrons. The number of fused-ring (bicyclic) bond motifs is 1. The number of amides is 1. The summed E-state index contributed by atoms with van der Waals surface area (Å²) in [5, 5.41) is 7.82. The number of carbonyl (C=O) groups is 1. The maximum atomic E-state index is 12.7. The normalized spacial score (nSPS) is 13.3. The number of nitrogens with zero attached hydrogens (tertiary/aromatic N) is 5. The molecule has 0 bridgehead atoms. The van der Waals surface area contributed by atoms with E-state index in [4.69, 9.17) is 0 Å². The first kappa shape index (κ1) is 16.3. The zero-order chi connectivity index (χ0) is 17.9. The molecular formula is C19H20N6O. The Hall–Kier alpha value is -3.22. The predicted molar refractivity (Wildman–Crippen MR) is 97.5 cm³/mol. The van der Waals surface area contributed by atoms with Crippen molar-refractivity contribution in [3.63, 3.8) is 0 Å². The first-order valence-corrected chi connectivity index (χ1v) is 8.60. The third-order valence-electron chi connectivity index (χ3n) is 4.45. The Balaban J connectivity index is 1.43. The van der Waals surface area contributed by atoms with Gasteiger partial charge in [-0.1, -0.05) is 17.7 Å². The zero-order valence-electron chi connectivity index (χ0n) is 14.6. The molecule has 26 heavy (non-hydrogen) atoms. The van der Waals surface area contributed by atoms with Crippen molar-refractivity contribution >= 4 is 11.7 Å². The zero-order valence-corrected chi connectivity index (χ0v) is 14.6. The summed E-state index contributed by atoms with van der Waals surface area (Å²) >= 11 is 0. The van der Waals surface area contributed by atoms with Gasteiger partial charge in [0.1, 0.15) is 5.82 Å². The number of hydrogen-bond donors (Lipinski definition) is 1. The lowest BCUT2D eigenvalue weighted by molar-refractivity contribution is 0.0706. The average Bonchev–Trinajstić information content (AvgIpc) is 3.09. The van der Waals surface area contributed by atoms with Crippen molar-refractivity contribution in [1.82, 2.24) is 24.6 Å². The fourth-order valence-corrected chi connectivity index (χ4v) is 3.04. The molecular weight excluding hydrogens is 328 g/mol. The number of carbonyl (C=O) groups excluding carboxylic acids is 1. The van der Waals surface area contributed by atoms with Gasteiger partial charge in [0.2, 0.25) is 0 Å². The van der Waals surface area contributed by atoms with Crippen molar-refractivity contribution in [2.75, 3.05) is 11.9 Å². The van der Waals surface area contributed by atoms with Crippen LogP contribution in [0.2, 0.25) is 0 Å². The van der Waals surface area contributed by atoms with E-state index in [9.17, 15) is 4.79 Å². The molecule has 0 radical (unpaired) electrons. The number of hydrogen-bond acceptors (Lipinski definition) is 5. The topological polar surface area (TPSA) is 75.9 Å². The van der Waals surface area contributed by atoms with Crippen LogP contribution in [0.4, 0.5) is 5.82 Å². The largest absolute Gasteiger partial charge is 0.363 e. The highest BCUT2D eigenvalue weighted by Crippen LogP contribution is 2.17. The molecule has 0 unspecified atom stereocenters. The molecule has 1 aromatic carbocycles. The third kappa shape index (κ3) is 3.42. The summed E-state index contributed by atoms with van der Waals surface area (Å²) in [4.78, 5) is 22.8. The molecule has 0 aliphatic carbocycles. The highest BCUT2D eigenvalue weighted by atomic mass is 16.2. The molecule has 1 aliphatic heterocycles. The maximum Gasteiger partial charge on any atom is 0.254 e. The van der Waals surface area contributed by atoms with Crippen LogP contribution in [0.3, 0.4) is 0 Å². The fourth-order valence-electron chi connectivity index (χ4n) is 3.04. The Morgan fingerprint density at radius 2 is 2.04 bits per heavy atom. The number of anilines is 1. The van der Waals surface area contributed by atoms with Gasteiger partial charge in [0, 0.05) is 24.5 Å². The van der Waals surface area contributed by atoms with Crippen molar-refractivity contribution in [2.45, 2.75) is 26.6 Å². The lowest BCUT2D eigenvalue weighted by Gasteiger charge is -2.27. The molecule has 1 aliphatic rings. The fraction of sp³-hybridized carbons (Fsp3) is 0.263. The van der Waals surface area contributed by atoms with Crippen LogP contribution >= 0.6 is 0 Å². The van der Waals surface area contributed by atoms with E-state index in [1.807, 2.05) is 46.8 Å². The molecule has 3 aromatic rings. The molecule has 2 aromatic heterocycles. The molecule has 0 saturated heterocycles. The Labute approximate surface area is 151 Å². The van der Waals surface area contributed by atoms with Crippen LogP contribution in [0, 0.1) is 6.92 Å². The lowest BCUT2D eigenvalue weighted by Crippen LogP contribution is -2.38. The highest BCUT2D eigenvalue weighted by Gasteiger charge is 2.23. The number of rotatable bonds is 4. The van der Waals surface area contributed by atoms with Crippen LogP contribution in [0.15, 0.2) is 48.9 Å². The highest BCUT2D eigenvalue weighted by molar-refractivity contribution is 5.94. The molecule has 3 heterocycles. The van der Waals surface area contributed by atoms with Gasteiger partial charge in [0.05, 0.1) is 37.2 Å². The SMILES string of the molecule is Cc1ccc(C(=O)N2CCn3nc(CNc4cnccn4)cc3C2)cc1. The summed E-state index contributed by atoms with van der Waals surface area (Å²) < 4.78 is 1.98. The second-order valence-corrected chi connectivity index (χ2v) is 6.39. The minimum Gasteiger partial charge on any atom is -0.363 e. The third-order valence-corrected chi connectivity index (χ3v) is 4.45. The maximum absolute atomic E-state index is 12.7. The second-order valence-electron chi connectivity index (χ2n) is 6.39. The van der Waals surface area contributed by atoms with E-state index in [1.165, 1.54) is 0 Å². The molecule has 1 amide bonds. The number of benzene rings is 1. The van der Waals surface area contributed by atoms with Gasteiger partial charge in [-0.3, -0.25) is 14.5 Å². The van der Waals surface area contributed by atoms with Crippen molar-refractivity contribution < 1.29 is 4.79 Å². The van der Waals surface area contributed by atoms with Gasteiger partial charge in [-0.25, -0.2) is 4.98 Å². The van der Waals surface area contributed by atoms with Gasteiger partial charge in [-0.2, -0.15) is 5.10 Å². The Morgan fingerprint density at radius 1 is 1.19 bits per heavy atom. The van der Waals surface area contributed by atoms with E-state index >= 15 is 0 Å². The van der Waals surface area contributed by atoms with E-state index < -0.39 is 0 Å². The van der Waals surface area contributed by atoms with Crippen molar-refractivity contribution in [1.29, 1.82) is 0 Å². The molecule has 0 spiro atoms.